The highest BCUT2D eigenvalue weighted by atomic mass is 14.4. The monoisotopic (exact) mass is 294 g/mol. The summed E-state index contributed by atoms with van der Waals surface area (Å²) in [6.07, 6.45) is 30.6. The fourth-order valence-electron chi connectivity index (χ4n) is 5.62. The van der Waals surface area contributed by atoms with E-state index >= 15 is 0 Å². The van der Waals surface area contributed by atoms with Crippen LogP contribution in [0, 0.1) is 35.5 Å². The highest BCUT2D eigenvalue weighted by Crippen LogP contribution is 2.45. The van der Waals surface area contributed by atoms with Crippen LogP contribution in [0.5, 0.6) is 0 Å². The topological polar surface area (TPSA) is 0 Å². The highest BCUT2D eigenvalue weighted by molar-refractivity contribution is 5.18. The quantitative estimate of drug-likeness (QED) is 0.539. The Kier molecular flexibility index (Phi) is 4.37. The van der Waals surface area contributed by atoms with Gasteiger partial charge in [0.2, 0.25) is 0 Å². The molecule has 22 heavy (non-hydrogen) atoms. The van der Waals surface area contributed by atoms with Crippen LogP contribution in [0.1, 0.15) is 51.4 Å². The molecule has 0 aromatic heterocycles. The fourth-order valence-corrected chi connectivity index (χ4v) is 5.62. The minimum Gasteiger partial charge on any atom is -0.0808 e. The van der Waals surface area contributed by atoms with Crippen LogP contribution >= 0.6 is 0 Å². The summed E-state index contributed by atoms with van der Waals surface area (Å²) in [5.74, 6) is 5.41. The van der Waals surface area contributed by atoms with E-state index in [1.807, 2.05) is 0 Å². The third-order valence-electron chi connectivity index (χ3n) is 6.82. The van der Waals surface area contributed by atoms with Gasteiger partial charge in [-0.3, -0.25) is 0 Å². The lowest BCUT2D eigenvalue weighted by Gasteiger charge is -2.23. The van der Waals surface area contributed by atoms with E-state index in [9.17, 15) is 0 Å². The molecule has 2 fully saturated rings. The second-order valence-electron chi connectivity index (χ2n) is 7.98. The molecule has 4 rings (SSSR count). The van der Waals surface area contributed by atoms with Gasteiger partial charge >= 0.3 is 0 Å². The lowest BCUT2D eigenvalue weighted by molar-refractivity contribution is 0.347. The smallest absolute Gasteiger partial charge is 0.0139 e. The molecule has 2 saturated carbocycles. The van der Waals surface area contributed by atoms with Crippen molar-refractivity contribution in [1.29, 1.82) is 0 Å². The first-order chi connectivity index (χ1) is 10.9. The minimum absolute atomic E-state index is 0.866. The third kappa shape index (κ3) is 2.90. The average molecular weight is 294 g/mol. The summed E-state index contributed by atoms with van der Waals surface area (Å²) >= 11 is 0. The molecule has 0 bridgehead atoms. The number of unbranched alkanes of at least 4 members (excludes halogenated alkanes) is 1. The molecular formula is C22H30. The van der Waals surface area contributed by atoms with Crippen molar-refractivity contribution in [3.8, 4) is 0 Å². The molecule has 0 radical (unpaired) electrons. The van der Waals surface area contributed by atoms with Gasteiger partial charge in [0, 0.05) is 0 Å². The Morgan fingerprint density at radius 3 is 1.50 bits per heavy atom. The molecule has 0 amide bonds. The van der Waals surface area contributed by atoms with Crippen LogP contribution in [0.2, 0.25) is 0 Å². The van der Waals surface area contributed by atoms with Gasteiger partial charge in [-0.25, -0.2) is 0 Å². The van der Waals surface area contributed by atoms with Gasteiger partial charge in [0.1, 0.15) is 0 Å². The number of allylic oxidation sites excluding steroid dienone is 8. The first kappa shape index (κ1) is 14.5. The van der Waals surface area contributed by atoms with E-state index < -0.39 is 0 Å². The Balaban J connectivity index is 1.20. The molecule has 6 unspecified atom stereocenters. The molecule has 0 saturated heterocycles. The van der Waals surface area contributed by atoms with Crippen molar-refractivity contribution in [1.82, 2.24) is 0 Å². The van der Waals surface area contributed by atoms with Gasteiger partial charge in [0.15, 0.2) is 0 Å². The van der Waals surface area contributed by atoms with Gasteiger partial charge in [-0.05, 0) is 74.0 Å². The summed E-state index contributed by atoms with van der Waals surface area (Å²) < 4.78 is 0. The zero-order valence-corrected chi connectivity index (χ0v) is 13.7. The fraction of sp³-hybridized carbons (Fsp3) is 0.636. The Morgan fingerprint density at radius 2 is 1.00 bits per heavy atom. The third-order valence-corrected chi connectivity index (χ3v) is 6.82. The number of rotatable bonds is 5. The molecule has 6 atom stereocenters. The van der Waals surface area contributed by atoms with Crippen molar-refractivity contribution in [3.05, 3.63) is 48.6 Å². The summed E-state index contributed by atoms with van der Waals surface area (Å²) in [5, 5.41) is 0. The molecule has 118 valence electrons. The molecule has 0 aliphatic heterocycles. The van der Waals surface area contributed by atoms with E-state index in [4.69, 9.17) is 0 Å². The van der Waals surface area contributed by atoms with Gasteiger partial charge in [0.25, 0.3) is 0 Å². The molecule has 0 heterocycles. The molecule has 0 N–H and O–H groups in total. The first-order valence-electron chi connectivity index (χ1n) is 9.62. The summed E-state index contributed by atoms with van der Waals surface area (Å²) in [6, 6.07) is 0. The number of hydrogen-bond donors (Lipinski definition) is 0. The van der Waals surface area contributed by atoms with E-state index in [1.165, 1.54) is 51.4 Å². The van der Waals surface area contributed by atoms with Crippen LogP contribution in [0.4, 0.5) is 0 Å². The maximum Gasteiger partial charge on any atom is -0.0139 e. The zero-order valence-electron chi connectivity index (χ0n) is 13.7. The molecule has 0 spiro atoms. The molecule has 0 aromatic carbocycles. The van der Waals surface area contributed by atoms with E-state index in [0.717, 1.165) is 35.5 Å². The molecule has 4 aliphatic carbocycles. The standard InChI is InChI=1S/C22H30/c1(7-17-13-15-19-9-3-5-11-21(17)19)2-8-18-14-16-20-10-4-6-12-22(18)20/h3-6,9-12,17-22H,1-2,7-8,13-16H2. The van der Waals surface area contributed by atoms with E-state index in [0.29, 0.717) is 0 Å². The van der Waals surface area contributed by atoms with Crippen LogP contribution in [0.15, 0.2) is 48.6 Å². The van der Waals surface area contributed by atoms with Crippen molar-refractivity contribution in [2.45, 2.75) is 51.4 Å². The van der Waals surface area contributed by atoms with Crippen molar-refractivity contribution in [2.75, 3.05) is 0 Å². The van der Waals surface area contributed by atoms with Gasteiger partial charge < -0.3 is 0 Å². The van der Waals surface area contributed by atoms with Gasteiger partial charge in [-0.2, -0.15) is 0 Å². The number of fused-ring (bicyclic) bond motifs is 2. The Bertz CT molecular complexity index is 446. The lowest BCUT2D eigenvalue weighted by atomic mass is 9.82. The van der Waals surface area contributed by atoms with Crippen LogP contribution in [0.3, 0.4) is 0 Å². The Morgan fingerprint density at radius 1 is 0.545 bits per heavy atom. The summed E-state index contributed by atoms with van der Waals surface area (Å²) in [5.41, 5.74) is 0. The predicted molar refractivity (Wildman–Crippen MR) is 94.4 cm³/mol. The van der Waals surface area contributed by atoms with Crippen LogP contribution in [-0.4, -0.2) is 0 Å². The Hall–Kier alpha value is -1.04. The molecule has 0 heteroatoms. The minimum atomic E-state index is 0.866. The van der Waals surface area contributed by atoms with E-state index in [2.05, 4.69) is 48.6 Å². The van der Waals surface area contributed by atoms with Crippen molar-refractivity contribution in [3.63, 3.8) is 0 Å². The maximum absolute atomic E-state index is 2.49. The normalized spacial score (nSPS) is 41.8. The van der Waals surface area contributed by atoms with E-state index in [1.54, 1.807) is 0 Å². The summed E-state index contributed by atoms with van der Waals surface area (Å²) in [7, 11) is 0. The van der Waals surface area contributed by atoms with Crippen molar-refractivity contribution in [2.24, 2.45) is 35.5 Å². The van der Waals surface area contributed by atoms with Crippen LogP contribution < -0.4 is 0 Å². The van der Waals surface area contributed by atoms with Crippen molar-refractivity contribution < 1.29 is 0 Å². The summed E-state index contributed by atoms with van der Waals surface area (Å²) in [6.45, 7) is 0. The van der Waals surface area contributed by atoms with Gasteiger partial charge in [-0.1, -0.05) is 61.4 Å². The molecule has 4 aliphatic rings. The molecule has 0 nitrogen and oxygen atoms in total. The summed E-state index contributed by atoms with van der Waals surface area (Å²) in [4.78, 5) is 0. The van der Waals surface area contributed by atoms with Gasteiger partial charge in [-0.15, -0.1) is 0 Å². The largest absolute Gasteiger partial charge is 0.0808 e. The van der Waals surface area contributed by atoms with Crippen LogP contribution in [-0.2, 0) is 0 Å². The number of hydrogen-bond acceptors (Lipinski definition) is 0. The Labute approximate surface area is 136 Å². The predicted octanol–water partition coefficient (Wildman–Crippen LogP) is 6.08. The van der Waals surface area contributed by atoms with E-state index in [-0.39, 0.29) is 0 Å². The maximum atomic E-state index is 2.49. The SMILES string of the molecule is C1=CC2CCC(CCCCC3CCC4C=CC=CC43)C2C=C1. The molecular weight excluding hydrogens is 264 g/mol. The first-order valence-corrected chi connectivity index (χ1v) is 9.62. The van der Waals surface area contributed by atoms with Gasteiger partial charge in [0.05, 0.1) is 0 Å². The van der Waals surface area contributed by atoms with Crippen molar-refractivity contribution >= 4 is 0 Å². The zero-order chi connectivity index (χ0) is 14.8. The van der Waals surface area contributed by atoms with Crippen LogP contribution in [0.25, 0.3) is 0 Å². The second kappa shape index (κ2) is 6.60. The lowest BCUT2D eigenvalue weighted by Crippen LogP contribution is -2.14. The average Bonchev–Trinajstić information content (AvgIpc) is 3.16. The second-order valence-corrected chi connectivity index (χ2v) is 7.98. The molecule has 0 aromatic rings. The highest BCUT2D eigenvalue weighted by Gasteiger charge is 2.34.